The van der Waals surface area contributed by atoms with Gasteiger partial charge in [-0.25, -0.2) is 0 Å². The third-order valence-electron chi connectivity index (χ3n) is 19.9. The third-order valence-corrected chi connectivity index (χ3v) is 19.9. The maximum atomic E-state index is 2.85. The van der Waals surface area contributed by atoms with Crippen LogP contribution in [0.15, 0.2) is 170 Å². The molecule has 79 heavy (non-hydrogen) atoms. The van der Waals surface area contributed by atoms with Crippen LogP contribution in [0.5, 0.6) is 0 Å². The summed E-state index contributed by atoms with van der Waals surface area (Å²) in [7, 11) is 0. The predicted octanol–water partition coefficient (Wildman–Crippen LogP) is 19.1. The second-order valence-corrected chi connectivity index (χ2v) is 29.0. The Morgan fingerprint density at radius 2 is 0.772 bits per heavy atom. The third kappa shape index (κ3) is 8.26. The molecule has 0 amide bonds. The number of anilines is 8. The van der Waals surface area contributed by atoms with Crippen molar-refractivity contribution >= 4 is 68.6 Å². The summed E-state index contributed by atoms with van der Waals surface area (Å²) in [6.45, 7) is 38.6. The molecule has 1 aliphatic carbocycles. The van der Waals surface area contributed by atoms with E-state index in [1.54, 1.807) is 0 Å². The highest BCUT2D eigenvalue weighted by Gasteiger charge is 2.62. The lowest BCUT2D eigenvalue weighted by molar-refractivity contribution is 0.0106. The summed E-state index contributed by atoms with van der Waals surface area (Å²) in [5.41, 5.74) is 25.1. The topological polar surface area (TPSA) is 9.72 Å². The van der Waals surface area contributed by atoms with E-state index in [1.165, 1.54) is 131 Å². The number of para-hydroxylation sites is 1. The van der Waals surface area contributed by atoms with Crippen molar-refractivity contribution in [3.05, 3.63) is 198 Å². The zero-order chi connectivity index (χ0) is 56.0. The van der Waals surface area contributed by atoms with E-state index in [9.17, 15) is 0 Å². The zero-order valence-electron chi connectivity index (χ0n) is 50.4. The molecule has 1 saturated carbocycles. The molecule has 8 aromatic carbocycles. The molecule has 0 saturated heterocycles. The first kappa shape index (κ1) is 52.9. The minimum absolute atomic E-state index is 0.0277. The lowest BCUT2D eigenvalue weighted by Gasteiger charge is -2.66. The Morgan fingerprint density at radius 1 is 0.380 bits per heavy atom. The largest absolute Gasteiger partial charge is 0.335 e. The summed E-state index contributed by atoms with van der Waals surface area (Å²) in [4.78, 5) is 8.26. The van der Waals surface area contributed by atoms with Crippen LogP contribution in [0.25, 0.3) is 22.3 Å². The summed E-state index contributed by atoms with van der Waals surface area (Å²) in [5, 5.41) is 0. The maximum Gasteiger partial charge on any atom is 0.252 e. The Morgan fingerprint density at radius 3 is 1.22 bits per heavy atom. The molecule has 402 valence electrons. The summed E-state index contributed by atoms with van der Waals surface area (Å²) in [6.07, 6.45) is 4.73. The first-order chi connectivity index (χ1) is 37.2. The van der Waals surface area contributed by atoms with Gasteiger partial charge >= 0.3 is 0 Å². The van der Waals surface area contributed by atoms with Gasteiger partial charge in [-0.05, 0) is 157 Å². The highest BCUT2D eigenvalue weighted by atomic mass is 15.3. The minimum atomic E-state index is -0.200. The van der Waals surface area contributed by atoms with Gasteiger partial charge in [0.05, 0.1) is 11.4 Å². The van der Waals surface area contributed by atoms with Gasteiger partial charge in [0.1, 0.15) is 0 Å². The van der Waals surface area contributed by atoms with Crippen molar-refractivity contribution in [3.63, 3.8) is 0 Å². The molecule has 0 spiro atoms. The van der Waals surface area contributed by atoms with E-state index in [2.05, 4.69) is 295 Å². The molecule has 0 bridgehead atoms. The van der Waals surface area contributed by atoms with E-state index in [0.717, 1.165) is 6.42 Å². The average Bonchev–Trinajstić information content (AvgIpc) is 2.57. The molecule has 3 heterocycles. The molecule has 12 rings (SSSR count). The van der Waals surface area contributed by atoms with Gasteiger partial charge in [-0.2, -0.15) is 0 Å². The van der Waals surface area contributed by atoms with Crippen LogP contribution in [-0.4, -0.2) is 12.3 Å². The Kier molecular flexibility index (Phi) is 12.1. The first-order valence-electron chi connectivity index (χ1n) is 29.6. The van der Waals surface area contributed by atoms with Crippen LogP contribution in [0.1, 0.15) is 164 Å². The van der Waals surface area contributed by atoms with Gasteiger partial charge in [0.2, 0.25) is 0 Å². The molecule has 8 aromatic rings. The molecule has 2 unspecified atom stereocenters. The average molecular weight is 1040 g/mol. The lowest BCUT2D eigenvalue weighted by Crippen LogP contribution is -2.67. The normalized spacial score (nSPS) is 19.5. The minimum Gasteiger partial charge on any atom is -0.335 e. The fraction of sp³-hybridized carbons (Fsp3) is 0.360. The summed E-state index contributed by atoms with van der Waals surface area (Å²) < 4.78 is 0. The molecule has 1 fully saturated rings. The van der Waals surface area contributed by atoms with Gasteiger partial charge < -0.3 is 14.7 Å². The molecule has 0 radical (unpaired) electrons. The van der Waals surface area contributed by atoms with Crippen molar-refractivity contribution < 1.29 is 0 Å². The number of rotatable bonds is 5. The summed E-state index contributed by atoms with van der Waals surface area (Å²) >= 11 is 0. The molecule has 4 heteroatoms. The molecular formula is C75H84BN3. The lowest BCUT2D eigenvalue weighted by atomic mass is 9.33. The van der Waals surface area contributed by atoms with Crippen molar-refractivity contribution in [1.82, 2.24) is 0 Å². The van der Waals surface area contributed by atoms with E-state index < -0.39 is 0 Å². The molecule has 3 aliphatic heterocycles. The fourth-order valence-electron chi connectivity index (χ4n) is 14.7. The van der Waals surface area contributed by atoms with E-state index in [0.29, 0.717) is 0 Å². The number of benzene rings is 8. The second kappa shape index (κ2) is 18.1. The van der Waals surface area contributed by atoms with Gasteiger partial charge in [0, 0.05) is 56.2 Å². The van der Waals surface area contributed by atoms with Crippen LogP contribution in [0, 0.1) is 5.41 Å². The first-order valence-corrected chi connectivity index (χ1v) is 29.6. The van der Waals surface area contributed by atoms with Crippen molar-refractivity contribution in [2.45, 2.75) is 169 Å². The second-order valence-electron chi connectivity index (χ2n) is 29.0. The molecule has 2 atom stereocenters. The van der Waals surface area contributed by atoms with Gasteiger partial charge in [-0.1, -0.05) is 232 Å². The number of hydrogen-bond donors (Lipinski definition) is 0. The Labute approximate surface area is 475 Å². The number of fused-ring (bicyclic) bond motifs is 6. The molecule has 3 nitrogen and oxygen atoms in total. The Hall–Kier alpha value is -6.78. The van der Waals surface area contributed by atoms with E-state index in [-0.39, 0.29) is 44.7 Å². The maximum absolute atomic E-state index is 2.85. The molecule has 0 aromatic heterocycles. The van der Waals surface area contributed by atoms with Crippen LogP contribution < -0.4 is 31.1 Å². The SMILES string of the molecule is CC(C)(C)c1ccc2c(c1)B1c3cc(C(C)(C)C)ccc3N(c3ccc(C(C)(C)C)cc3-c3ccccc3)c3cc(N4c5ccccc5C(C)(C)C5(C)CCCCC45C)cc(c31)N2c1ccc(C(C)(C)C)cc1-c1ccccc1. The highest BCUT2D eigenvalue weighted by Crippen LogP contribution is 2.66. The molecule has 0 N–H and O–H groups in total. The van der Waals surface area contributed by atoms with Crippen LogP contribution in [0.4, 0.5) is 45.5 Å². The van der Waals surface area contributed by atoms with Crippen LogP contribution in [0.2, 0.25) is 0 Å². The van der Waals surface area contributed by atoms with Crippen molar-refractivity contribution in [2.75, 3.05) is 14.7 Å². The number of nitrogens with zero attached hydrogens (tertiary/aromatic N) is 3. The van der Waals surface area contributed by atoms with Gasteiger partial charge in [-0.15, -0.1) is 0 Å². The summed E-state index contributed by atoms with van der Waals surface area (Å²) in [5.74, 6) is 0. The monoisotopic (exact) mass is 1040 g/mol. The van der Waals surface area contributed by atoms with Crippen LogP contribution in [-0.2, 0) is 27.1 Å². The Bertz CT molecular complexity index is 3500. The van der Waals surface area contributed by atoms with Crippen molar-refractivity contribution in [1.29, 1.82) is 0 Å². The van der Waals surface area contributed by atoms with Crippen LogP contribution >= 0.6 is 0 Å². The standard InChI is InChI=1S/C75H84BN3/c1-69(2,3)51-33-37-61(56(43-51)49-27-19-17-20-28-49)77-64-39-35-53(71(7,8)9)45-59(64)76-60-46-54(72(10,11)12)36-40-65(60)78(62-38-34-52(70(4,5)6)44-57(62)50-29-21-18-22-30-50)67-48-55(47-66(77)68(67)76)79-63-32-24-23-31-58(63)73(13,14)74(15)41-25-26-42-75(74,79)16/h17-24,27-40,43-48H,25-26,41-42H2,1-16H3. The van der Waals surface area contributed by atoms with Gasteiger partial charge in [-0.3, -0.25) is 0 Å². The van der Waals surface area contributed by atoms with Gasteiger partial charge in [0.15, 0.2) is 0 Å². The quantitative estimate of drug-likeness (QED) is 0.159. The van der Waals surface area contributed by atoms with E-state index in [1.807, 2.05) is 0 Å². The number of hydrogen-bond acceptors (Lipinski definition) is 3. The van der Waals surface area contributed by atoms with E-state index >= 15 is 0 Å². The van der Waals surface area contributed by atoms with Gasteiger partial charge in [0.25, 0.3) is 6.71 Å². The fourth-order valence-corrected chi connectivity index (χ4v) is 14.7. The Balaban J connectivity index is 1.28. The summed E-state index contributed by atoms with van der Waals surface area (Å²) in [6, 6.07) is 66.8. The molecular weight excluding hydrogens is 954 g/mol. The zero-order valence-corrected chi connectivity index (χ0v) is 50.4. The predicted molar refractivity (Wildman–Crippen MR) is 343 cm³/mol. The highest BCUT2D eigenvalue weighted by molar-refractivity contribution is 7.00. The smallest absolute Gasteiger partial charge is 0.252 e. The van der Waals surface area contributed by atoms with E-state index in [4.69, 9.17) is 0 Å². The molecule has 4 aliphatic rings. The van der Waals surface area contributed by atoms with Crippen molar-refractivity contribution in [3.8, 4) is 22.3 Å². The van der Waals surface area contributed by atoms with Crippen molar-refractivity contribution in [2.24, 2.45) is 5.41 Å². The van der Waals surface area contributed by atoms with Crippen LogP contribution in [0.3, 0.4) is 0 Å².